The highest BCUT2D eigenvalue weighted by molar-refractivity contribution is 7.86. The Balaban J connectivity index is 2.14. The van der Waals surface area contributed by atoms with Gasteiger partial charge in [-0.1, -0.05) is 29.8 Å². The highest BCUT2D eigenvalue weighted by atomic mass is 32.2. The average molecular weight is 240 g/mol. The Labute approximate surface area is 96.7 Å². The van der Waals surface area contributed by atoms with Crippen molar-refractivity contribution in [2.45, 2.75) is 13.5 Å². The van der Waals surface area contributed by atoms with Gasteiger partial charge in [0.05, 0.1) is 0 Å². The molecule has 0 unspecified atom stereocenters. The molecule has 0 amide bonds. The summed E-state index contributed by atoms with van der Waals surface area (Å²) in [6.07, 6.45) is 0. The Morgan fingerprint density at radius 2 is 1.81 bits per heavy atom. The Kier molecular flexibility index (Phi) is 3.01. The van der Waals surface area contributed by atoms with Crippen LogP contribution in [-0.4, -0.2) is 37.2 Å². The van der Waals surface area contributed by atoms with Crippen LogP contribution < -0.4 is 0 Å². The molecule has 0 atom stereocenters. The minimum absolute atomic E-state index is 0.465. The van der Waals surface area contributed by atoms with Gasteiger partial charge in [-0.25, -0.2) is 0 Å². The predicted octanol–water partition coefficient (Wildman–Crippen LogP) is 0.987. The fourth-order valence-electron chi connectivity index (χ4n) is 1.74. The lowest BCUT2D eigenvalue weighted by atomic mass is 10.1. The molecule has 1 fully saturated rings. The fourth-order valence-corrected chi connectivity index (χ4v) is 3.07. The number of rotatable bonds is 2. The van der Waals surface area contributed by atoms with E-state index in [9.17, 15) is 8.42 Å². The molecule has 1 saturated heterocycles. The van der Waals surface area contributed by atoms with E-state index in [1.807, 2.05) is 31.2 Å². The van der Waals surface area contributed by atoms with Crippen LogP contribution >= 0.6 is 0 Å². The number of hydrogen-bond acceptors (Lipinski definition) is 2. The third-order valence-corrected chi connectivity index (χ3v) is 4.80. The van der Waals surface area contributed by atoms with E-state index in [4.69, 9.17) is 0 Å². The molecular weight excluding hydrogens is 224 g/mol. The Morgan fingerprint density at radius 1 is 1.19 bits per heavy atom. The second-order valence-electron chi connectivity index (χ2n) is 4.15. The molecule has 0 aliphatic carbocycles. The van der Waals surface area contributed by atoms with E-state index in [0.717, 1.165) is 5.56 Å². The first-order chi connectivity index (χ1) is 7.50. The van der Waals surface area contributed by atoms with Gasteiger partial charge in [0, 0.05) is 26.7 Å². The molecule has 4 nitrogen and oxygen atoms in total. The van der Waals surface area contributed by atoms with Crippen LogP contribution in [0.15, 0.2) is 24.3 Å². The summed E-state index contributed by atoms with van der Waals surface area (Å²) in [7, 11) is -1.59. The lowest BCUT2D eigenvalue weighted by Gasteiger charge is -2.15. The standard InChI is InChI=1S/C11H16N2O2S/c1-10-3-5-11(6-4-10)9-13-8-7-12(2)16(13,14)15/h3-6H,7-9H2,1-2H3. The molecule has 16 heavy (non-hydrogen) atoms. The van der Waals surface area contributed by atoms with Crippen LogP contribution in [-0.2, 0) is 16.8 Å². The molecule has 88 valence electrons. The van der Waals surface area contributed by atoms with Crippen LogP contribution in [0.5, 0.6) is 0 Å². The third-order valence-electron chi connectivity index (χ3n) is 2.86. The second-order valence-corrected chi connectivity index (χ2v) is 6.18. The lowest BCUT2D eigenvalue weighted by Crippen LogP contribution is -2.30. The summed E-state index contributed by atoms with van der Waals surface area (Å²) in [6.45, 7) is 3.64. The van der Waals surface area contributed by atoms with Crippen LogP contribution in [0.1, 0.15) is 11.1 Å². The summed E-state index contributed by atoms with van der Waals surface area (Å²) in [4.78, 5) is 0. The summed E-state index contributed by atoms with van der Waals surface area (Å²) >= 11 is 0. The third kappa shape index (κ3) is 2.11. The number of nitrogens with zero attached hydrogens (tertiary/aromatic N) is 2. The van der Waals surface area contributed by atoms with E-state index in [1.54, 1.807) is 7.05 Å². The fraction of sp³-hybridized carbons (Fsp3) is 0.455. The van der Waals surface area contributed by atoms with Crippen molar-refractivity contribution in [3.05, 3.63) is 35.4 Å². The molecule has 0 N–H and O–H groups in total. The molecule has 1 aliphatic rings. The van der Waals surface area contributed by atoms with E-state index in [2.05, 4.69) is 0 Å². The first kappa shape index (κ1) is 11.6. The van der Waals surface area contributed by atoms with Gasteiger partial charge in [0.15, 0.2) is 0 Å². The summed E-state index contributed by atoms with van der Waals surface area (Å²) in [5.74, 6) is 0. The average Bonchev–Trinajstić information content (AvgIpc) is 2.48. The summed E-state index contributed by atoms with van der Waals surface area (Å²) in [5.41, 5.74) is 2.22. The molecular formula is C11H16N2O2S. The summed E-state index contributed by atoms with van der Waals surface area (Å²) in [5, 5.41) is 0. The molecule has 0 saturated carbocycles. The highest BCUT2D eigenvalue weighted by Crippen LogP contribution is 2.17. The maximum absolute atomic E-state index is 11.8. The van der Waals surface area contributed by atoms with Crippen molar-refractivity contribution in [3.63, 3.8) is 0 Å². The van der Waals surface area contributed by atoms with Crippen molar-refractivity contribution >= 4 is 10.2 Å². The summed E-state index contributed by atoms with van der Waals surface area (Å²) < 4.78 is 26.5. The Hall–Kier alpha value is -0.910. The number of aryl methyl sites for hydroxylation is 1. The van der Waals surface area contributed by atoms with E-state index in [-0.39, 0.29) is 0 Å². The van der Waals surface area contributed by atoms with Gasteiger partial charge in [0.2, 0.25) is 0 Å². The van der Waals surface area contributed by atoms with Crippen molar-refractivity contribution in [1.82, 2.24) is 8.61 Å². The van der Waals surface area contributed by atoms with Gasteiger partial charge in [0.25, 0.3) is 10.2 Å². The topological polar surface area (TPSA) is 40.6 Å². The van der Waals surface area contributed by atoms with Gasteiger partial charge in [-0.15, -0.1) is 0 Å². The second kappa shape index (κ2) is 4.16. The minimum Gasteiger partial charge on any atom is -0.195 e. The van der Waals surface area contributed by atoms with Crippen LogP contribution in [0.2, 0.25) is 0 Å². The van der Waals surface area contributed by atoms with E-state index < -0.39 is 10.2 Å². The zero-order valence-corrected chi connectivity index (χ0v) is 10.4. The molecule has 1 aromatic rings. The van der Waals surface area contributed by atoms with Gasteiger partial charge >= 0.3 is 0 Å². The van der Waals surface area contributed by atoms with E-state index >= 15 is 0 Å². The zero-order valence-electron chi connectivity index (χ0n) is 9.55. The molecule has 0 aromatic heterocycles. The smallest absolute Gasteiger partial charge is 0.195 e. The number of hydrogen-bond donors (Lipinski definition) is 0. The van der Waals surface area contributed by atoms with Crippen molar-refractivity contribution in [2.75, 3.05) is 20.1 Å². The first-order valence-corrected chi connectivity index (χ1v) is 6.67. The van der Waals surface area contributed by atoms with Gasteiger partial charge < -0.3 is 0 Å². The largest absolute Gasteiger partial charge is 0.282 e. The summed E-state index contributed by atoms with van der Waals surface area (Å²) in [6, 6.07) is 7.95. The van der Waals surface area contributed by atoms with Gasteiger partial charge in [-0.05, 0) is 12.5 Å². The van der Waals surface area contributed by atoms with Crippen LogP contribution in [0.3, 0.4) is 0 Å². The van der Waals surface area contributed by atoms with Crippen LogP contribution in [0, 0.1) is 6.92 Å². The molecule has 1 aliphatic heterocycles. The highest BCUT2D eigenvalue weighted by Gasteiger charge is 2.33. The predicted molar refractivity (Wildman–Crippen MR) is 63.1 cm³/mol. The van der Waals surface area contributed by atoms with E-state index in [0.29, 0.717) is 19.6 Å². The molecule has 5 heteroatoms. The monoisotopic (exact) mass is 240 g/mol. The molecule has 0 spiro atoms. The molecule has 0 bridgehead atoms. The van der Waals surface area contributed by atoms with Crippen molar-refractivity contribution in [1.29, 1.82) is 0 Å². The maximum Gasteiger partial charge on any atom is 0.282 e. The van der Waals surface area contributed by atoms with Crippen molar-refractivity contribution < 1.29 is 8.42 Å². The number of likely N-dealkylation sites (N-methyl/N-ethyl adjacent to an activating group) is 1. The Bertz CT molecular complexity index is 467. The normalized spacial score (nSPS) is 21.4. The van der Waals surface area contributed by atoms with Crippen LogP contribution in [0.4, 0.5) is 0 Å². The van der Waals surface area contributed by atoms with Gasteiger partial charge in [-0.2, -0.15) is 17.0 Å². The quantitative estimate of drug-likeness (QED) is 0.773. The minimum atomic E-state index is -3.21. The molecule has 1 heterocycles. The van der Waals surface area contributed by atoms with Gasteiger partial charge in [-0.3, -0.25) is 0 Å². The Morgan fingerprint density at radius 3 is 2.31 bits per heavy atom. The molecule has 1 aromatic carbocycles. The van der Waals surface area contributed by atoms with Gasteiger partial charge in [0.1, 0.15) is 0 Å². The zero-order chi connectivity index (χ0) is 11.8. The number of benzene rings is 1. The molecule has 0 radical (unpaired) electrons. The van der Waals surface area contributed by atoms with Crippen molar-refractivity contribution in [2.24, 2.45) is 0 Å². The van der Waals surface area contributed by atoms with Crippen molar-refractivity contribution in [3.8, 4) is 0 Å². The molecule has 2 rings (SSSR count). The van der Waals surface area contributed by atoms with Crippen LogP contribution in [0.25, 0.3) is 0 Å². The SMILES string of the molecule is Cc1ccc(CN2CCN(C)S2(=O)=O)cc1. The maximum atomic E-state index is 11.8. The lowest BCUT2D eigenvalue weighted by molar-refractivity contribution is 0.445. The first-order valence-electron chi connectivity index (χ1n) is 5.27. The van der Waals surface area contributed by atoms with E-state index in [1.165, 1.54) is 14.2 Å².